The van der Waals surface area contributed by atoms with E-state index in [-0.39, 0.29) is 5.56 Å². The molecular formula is C18H20N2O. The first kappa shape index (κ1) is 15.0. The number of hydrogen-bond donors (Lipinski definition) is 0. The Labute approximate surface area is 124 Å². The van der Waals surface area contributed by atoms with E-state index in [9.17, 15) is 4.79 Å². The predicted molar refractivity (Wildman–Crippen MR) is 88.2 cm³/mol. The van der Waals surface area contributed by atoms with E-state index in [1.165, 1.54) is 0 Å². The van der Waals surface area contributed by atoms with Gasteiger partial charge in [0.2, 0.25) is 0 Å². The van der Waals surface area contributed by atoms with Gasteiger partial charge in [-0.3, -0.25) is 9.36 Å². The maximum atomic E-state index is 12.7. The summed E-state index contributed by atoms with van der Waals surface area (Å²) in [5, 5.41) is 0.692. The van der Waals surface area contributed by atoms with Gasteiger partial charge in [-0.1, -0.05) is 44.2 Å². The van der Waals surface area contributed by atoms with E-state index in [1.807, 2.05) is 76.2 Å². The molecule has 3 rings (SSSR count). The van der Waals surface area contributed by atoms with Crippen molar-refractivity contribution in [2.45, 2.75) is 27.7 Å². The van der Waals surface area contributed by atoms with E-state index < -0.39 is 0 Å². The summed E-state index contributed by atoms with van der Waals surface area (Å²) in [6, 6.07) is 15.4. The van der Waals surface area contributed by atoms with Gasteiger partial charge in [0, 0.05) is 0 Å². The van der Waals surface area contributed by atoms with E-state index in [0.29, 0.717) is 11.2 Å². The Hall–Kier alpha value is -2.42. The number of fused-ring (bicyclic) bond motifs is 1. The van der Waals surface area contributed by atoms with Crippen molar-refractivity contribution in [3.05, 3.63) is 70.3 Å². The maximum Gasteiger partial charge on any atom is 0.266 e. The zero-order valence-corrected chi connectivity index (χ0v) is 12.9. The first-order valence-electron chi connectivity index (χ1n) is 7.23. The number of aryl methyl sites for hydroxylation is 2. The number of benzene rings is 2. The van der Waals surface area contributed by atoms with Crippen LogP contribution in [0.4, 0.5) is 0 Å². The molecule has 0 amide bonds. The fraction of sp³-hybridized carbons (Fsp3) is 0.222. The van der Waals surface area contributed by atoms with Gasteiger partial charge >= 0.3 is 0 Å². The lowest BCUT2D eigenvalue weighted by Crippen LogP contribution is -2.22. The van der Waals surface area contributed by atoms with Crippen molar-refractivity contribution < 1.29 is 0 Å². The van der Waals surface area contributed by atoms with Gasteiger partial charge in [-0.05, 0) is 37.6 Å². The van der Waals surface area contributed by atoms with E-state index in [0.717, 1.165) is 16.8 Å². The zero-order chi connectivity index (χ0) is 15.4. The summed E-state index contributed by atoms with van der Waals surface area (Å²) in [6.07, 6.45) is 0. The first-order valence-corrected chi connectivity index (χ1v) is 7.23. The Morgan fingerprint density at radius 2 is 1.57 bits per heavy atom. The first-order chi connectivity index (χ1) is 10.2. The summed E-state index contributed by atoms with van der Waals surface area (Å²) in [7, 11) is 0. The van der Waals surface area contributed by atoms with Gasteiger partial charge in [0.25, 0.3) is 5.56 Å². The minimum Gasteiger partial charge on any atom is -0.268 e. The Bertz CT molecular complexity index is 805. The van der Waals surface area contributed by atoms with E-state index in [1.54, 1.807) is 4.57 Å². The molecular weight excluding hydrogens is 260 g/mol. The van der Waals surface area contributed by atoms with Crippen LogP contribution in [0.3, 0.4) is 0 Å². The maximum absolute atomic E-state index is 12.7. The third kappa shape index (κ3) is 2.72. The van der Waals surface area contributed by atoms with Crippen molar-refractivity contribution in [3.8, 4) is 5.69 Å². The molecule has 0 atom stereocenters. The molecule has 2 aromatic carbocycles. The molecule has 21 heavy (non-hydrogen) atoms. The third-order valence-electron chi connectivity index (χ3n) is 3.29. The van der Waals surface area contributed by atoms with Crippen LogP contribution in [0.25, 0.3) is 16.6 Å². The smallest absolute Gasteiger partial charge is 0.266 e. The van der Waals surface area contributed by atoms with E-state index >= 15 is 0 Å². The number of hydrogen-bond acceptors (Lipinski definition) is 2. The molecule has 0 aliphatic rings. The van der Waals surface area contributed by atoms with Gasteiger partial charge in [0.15, 0.2) is 0 Å². The summed E-state index contributed by atoms with van der Waals surface area (Å²) in [5.74, 6) is 0.703. The molecule has 3 nitrogen and oxygen atoms in total. The van der Waals surface area contributed by atoms with Crippen molar-refractivity contribution >= 4 is 10.9 Å². The van der Waals surface area contributed by atoms with Crippen LogP contribution < -0.4 is 5.56 Å². The molecule has 0 fully saturated rings. The van der Waals surface area contributed by atoms with Crippen LogP contribution in [0.2, 0.25) is 0 Å². The average Bonchev–Trinajstić information content (AvgIpc) is 2.50. The van der Waals surface area contributed by atoms with Gasteiger partial charge in [0.1, 0.15) is 5.82 Å². The van der Waals surface area contributed by atoms with Crippen molar-refractivity contribution in [2.75, 3.05) is 0 Å². The fourth-order valence-corrected chi connectivity index (χ4v) is 2.39. The standard InChI is InChI=1S/C16H14N2O.C2H6/c1-11-7-6-10-14-15(11)16(19)18(12(2)17-14)13-8-4-3-5-9-13;1-2/h3-10H,1-2H3;1-2H3. The molecule has 3 heteroatoms. The molecule has 0 radical (unpaired) electrons. The summed E-state index contributed by atoms with van der Waals surface area (Å²) in [5.41, 5.74) is 2.56. The second-order valence-corrected chi connectivity index (χ2v) is 4.60. The highest BCUT2D eigenvalue weighted by molar-refractivity contribution is 5.81. The number of aromatic nitrogens is 2. The molecule has 0 spiro atoms. The van der Waals surface area contributed by atoms with E-state index in [4.69, 9.17) is 0 Å². The highest BCUT2D eigenvalue weighted by Gasteiger charge is 2.10. The lowest BCUT2D eigenvalue weighted by molar-refractivity contribution is 0.894. The van der Waals surface area contributed by atoms with Gasteiger partial charge in [-0.25, -0.2) is 4.98 Å². The van der Waals surface area contributed by atoms with Crippen LogP contribution in [-0.4, -0.2) is 9.55 Å². The Kier molecular flexibility index (Phi) is 4.53. The van der Waals surface area contributed by atoms with Crippen LogP contribution in [0.5, 0.6) is 0 Å². The second-order valence-electron chi connectivity index (χ2n) is 4.60. The lowest BCUT2D eigenvalue weighted by Gasteiger charge is -2.11. The van der Waals surface area contributed by atoms with Gasteiger partial charge in [-0.15, -0.1) is 0 Å². The van der Waals surface area contributed by atoms with Crippen molar-refractivity contribution in [1.29, 1.82) is 0 Å². The molecule has 0 saturated heterocycles. The molecule has 3 aromatic rings. The van der Waals surface area contributed by atoms with E-state index in [2.05, 4.69) is 4.98 Å². The number of rotatable bonds is 1. The predicted octanol–water partition coefficient (Wildman–Crippen LogP) is 4.03. The highest BCUT2D eigenvalue weighted by atomic mass is 16.1. The Balaban J connectivity index is 0.000000774. The second kappa shape index (κ2) is 6.35. The zero-order valence-electron chi connectivity index (χ0n) is 12.9. The van der Waals surface area contributed by atoms with Crippen LogP contribution in [0.15, 0.2) is 53.3 Å². The SMILES string of the molecule is CC.Cc1cccc2nc(C)n(-c3ccccc3)c(=O)c12. The summed E-state index contributed by atoms with van der Waals surface area (Å²) in [6.45, 7) is 7.80. The molecule has 1 aromatic heterocycles. The molecule has 0 aliphatic carbocycles. The fourth-order valence-electron chi connectivity index (χ4n) is 2.39. The highest BCUT2D eigenvalue weighted by Crippen LogP contribution is 2.15. The molecule has 0 saturated carbocycles. The van der Waals surface area contributed by atoms with Crippen molar-refractivity contribution in [2.24, 2.45) is 0 Å². The topological polar surface area (TPSA) is 34.9 Å². The monoisotopic (exact) mass is 280 g/mol. The molecule has 0 unspecified atom stereocenters. The summed E-state index contributed by atoms with van der Waals surface area (Å²) in [4.78, 5) is 17.2. The third-order valence-corrected chi connectivity index (χ3v) is 3.29. The molecule has 0 aliphatic heterocycles. The van der Waals surface area contributed by atoms with Gasteiger partial charge < -0.3 is 0 Å². The molecule has 108 valence electrons. The molecule has 0 bridgehead atoms. The normalized spacial score (nSPS) is 10.1. The quantitative estimate of drug-likeness (QED) is 0.674. The minimum absolute atomic E-state index is 0.00759. The summed E-state index contributed by atoms with van der Waals surface area (Å²) >= 11 is 0. The van der Waals surface area contributed by atoms with Gasteiger partial charge in [-0.2, -0.15) is 0 Å². The Morgan fingerprint density at radius 3 is 2.24 bits per heavy atom. The largest absolute Gasteiger partial charge is 0.268 e. The molecule has 0 N–H and O–H groups in total. The number of nitrogens with zero attached hydrogens (tertiary/aromatic N) is 2. The van der Waals surface area contributed by atoms with Crippen LogP contribution in [0, 0.1) is 13.8 Å². The van der Waals surface area contributed by atoms with Crippen molar-refractivity contribution in [3.63, 3.8) is 0 Å². The Morgan fingerprint density at radius 1 is 0.905 bits per heavy atom. The van der Waals surface area contributed by atoms with Crippen molar-refractivity contribution in [1.82, 2.24) is 9.55 Å². The number of para-hydroxylation sites is 1. The van der Waals surface area contributed by atoms with Crippen LogP contribution >= 0.6 is 0 Å². The average molecular weight is 280 g/mol. The van der Waals surface area contributed by atoms with Crippen LogP contribution in [-0.2, 0) is 0 Å². The summed E-state index contributed by atoms with van der Waals surface area (Å²) < 4.78 is 1.66. The minimum atomic E-state index is -0.00759. The van der Waals surface area contributed by atoms with Crippen LogP contribution in [0.1, 0.15) is 25.2 Å². The molecule has 1 heterocycles. The lowest BCUT2D eigenvalue weighted by atomic mass is 10.1. The van der Waals surface area contributed by atoms with Gasteiger partial charge in [0.05, 0.1) is 16.6 Å².